The number of urea groups is 1. The van der Waals surface area contributed by atoms with E-state index in [2.05, 4.69) is 15.7 Å². The minimum atomic E-state index is -1.08. The maximum Gasteiger partial charge on any atom is 0.314 e. The van der Waals surface area contributed by atoms with E-state index in [1.54, 1.807) is 23.0 Å². The Labute approximate surface area is 128 Å². The molecule has 0 saturated heterocycles. The van der Waals surface area contributed by atoms with Crippen molar-refractivity contribution in [2.75, 3.05) is 13.1 Å². The molecule has 0 aliphatic rings. The van der Waals surface area contributed by atoms with E-state index in [0.717, 1.165) is 5.56 Å². The van der Waals surface area contributed by atoms with E-state index in [0.29, 0.717) is 13.0 Å². The number of carbonyl (C=O) groups excluding carboxylic acids is 1. The van der Waals surface area contributed by atoms with Gasteiger partial charge in [0.25, 0.3) is 0 Å². The monoisotopic (exact) mass is 306 g/mol. The molecule has 1 heterocycles. The smallest absolute Gasteiger partial charge is 0.314 e. The van der Waals surface area contributed by atoms with Crippen molar-refractivity contribution in [2.24, 2.45) is 7.05 Å². The summed E-state index contributed by atoms with van der Waals surface area (Å²) in [6, 6.07) is 5.54. The molecule has 7 heteroatoms. The van der Waals surface area contributed by atoms with Gasteiger partial charge < -0.3 is 15.7 Å². The second-order valence-electron chi connectivity index (χ2n) is 4.95. The summed E-state index contributed by atoms with van der Waals surface area (Å²) in [6.45, 7) is 0.396. The van der Waals surface area contributed by atoms with Crippen LogP contribution in [-0.4, -0.2) is 34.0 Å². The molecule has 1 aromatic carbocycles. The fourth-order valence-corrected chi connectivity index (χ4v) is 2.03. The van der Waals surface area contributed by atoms with E-state index in [1.807, 2.05) is 13.2 Å². The van der Waals surface area contributed by atoms with Crippen molar-refractivity contribution in [1.29, 1.82) is 0 Å². The summed E-state index contributed by atoms with van der Waals surface area (Å²) in [5, 5.41) is 19.1. The molecule has 2 rings (SSSR count). The number of aromatic nitrogens is 2. The Morgan fingerprint density at radius 1 is 1.41 bits per heavy atom. The van der Waals surface area contributed by atoms with Crippen molar-refractivity contribution < 1.29 is 14.3 Å². The van der Waals surface area contributed by atoms with Crippen LogP contribution >= 0.6 is 0 Å². The Kier molecular flexibility index (Phi) is 5.48. The minimum absolute atomic E-state index is 0.0559. The molecule has 0 radical (unpaired) electrons. The van der Waals surface area contributed by atoms with Gasteiger partial charge in [0.1, 0.15) is 5.82 Å². The maximum atomic E-state index is 13.5. The number of halogens is 1. The van der Waals surface area contributed by atoms with Crippen LogP contribution in [0.2, 0.25) is 0 Å². The third-order valence-corrected chi connectivity index (χ3v) is 3.18. The zero-order chi connectivity index (χ0) is 15.9. The number of rotatable bonds is 6. The highest BCUT2D eigenvalue weighted by Crippen LogP contribution is 2.15. The predicted octanol–water partition coefficient (Wildman–Crippen LogP) is 1.13. The van der Waals surface area contributed by atoms with Crippen molar-refractivity contribution >= 4 is 6.03 Å². The normalized spacial score (nSPS) is 12.0. The summed E-state index contributed by atoms with van der Waals surface area (Å²) in [4.78, 5) is 11.6. The third-order valence-electron chi connectivity index (χ3n) is 3.18. The quantitative estimate of drug-likeness (QED) is 0.748. The Balaban J connectivity index is 1.70. The standard InChI is InChI=1S/C15H19FN4O2/c1-20-10-11(8-19-20)6-7-17-15(22)18-9-14(21)12-4-2-3-5-13(12)16/h2-5,8,10,14,21H,6-7,9H2,1H3,(H2,17,18,22). The van der Waals surface area contributed by atoms with Gasteiger partial charge in [-0.15, -0.1) is 0 Å². The van der Waals surface area contributed by atoms with Crippen molar-refractivity contribution in [3.63, 3.8) is 0 Å². The van der Waals surface area contributed by atoms with Gasteiger partial charge in [0, 0.05) is 31.9 Å². The SMILES string of the molecule is Cn1cc(CCNC(=O)NCC(O)c2ccccc2F)cn1. The summed E-state index contributed by atoms with van der Waals surface area (Å²) in [5.41, 5.74) is 1.19. The van der Waals surface area contributed by atoms with Gasteiger partial charge in [0.2, 0.25) is 0 Å². The highest BCUT2D eigenvalue weighted by molar-refractivity contribution is 5.73. The predicted molar refractivity (Wildman–Crippen MR) is 79.7 cm³/mol. The zero-order valence-electron chi connectivity index (χ0n) is 12.3. The molecule has 0 spiro atoms. The van der Waals surface area contributed by atoms with Gasteiger partial charge in [-0.1, -0.05) is 18.2 Å². The number of hydrogen-bond donors (Lipinski definition) is 3. The summed E-state index contributed by atoms with van der Waals surface area (Å²) in [6.07, 6.45) is 3.20. The highest BCUT2D eigenvalue weighted by atomic mass is 19.1. The van der Waals surface area contributed by atoms with Crippen LogP contribution in [-0.2, 0) is 13.5 Å². The van der Waals surface area contributed by atoms with Crippen molar-refractivity contribution in [3.05, 3.63) is 53.6 Å². The molecule has 1 aromatic heterocycles. The molecule has 0 saturated carbocycles. The van der Waals surface area contributed by atoms with E-state index < -0.39 is 18.0 Å². The summed E-state index contributed by atoms with van der Waals surface area (Å²) >= 11 is 0. The van der Waals surface area contributed by atoms with Crippen LogP contribution in [0.3, 0.4) is 0 Å². The van der Waals surface area contributed by atoms with Crippen LogP contribution in [0.1, 0.15) is 17.2 Å². The Morgan fingerprint density at radius 2 is 2.18 bits per heavy atom. The summed E-state index contributed by atoms with van der Waals surface area (Å²) in [7, 11) is 1.83. The van der Waals surface area contributed by atoms with Crippen molar-refractivity contribution in [3.8, 4) is 0 Å². The number of amides is 2. The number of nitrogens with one attached hydrogen (secondary N) is 2. The zero-order valence-corrected chi connectivity index (χ0v) is 12.3. The van der Waals surface area contributed by atoms with E-state index in [1.165, 1.54) is 12.1 Å². The lowest BCUT2D eigenvalue weighted by atomic mass is 10.1. The Morgan fingerprint density at radius 3 is 2.86 bits per heavy atom. The first-order chi connectivity index (χ1) is 10.6. The van der Waals surface area contributed by atoms with Crippen molar-refractivity contribution in [1.82, 2.24) is 20.4 Å². The number of carbonyl (C=O) groups is 1. The van der Waals surface area contributed by atoms with Crippen molar-refractivity contribution in [2.45, 2.75) is 12.5 Å². The number of aryl methyl sites for hydroxylation is 1. The van der Waals surface area contributed by atoms with Gasteiger partial charge in [-0.2, -0.15) is 5.10 Å². The number of aliphatic hydroxyl groups is 1. The summed E-state index contributed by atoms with van der Waals surface area (Å²) in [5.74, 6) is -0.492. The van der Waals surface area contributed by atoms with Gasteiger partial charge in [0.05, 0.1) is 12.3 Å². The molecule has 22 heavy (non-hydrogen) atoms. The fourth-order valence-electron chi connectivity index (χ4n) is 2.03. The van der Waals surface area contributed by atoms with E-state index >= 15 is 0 Å². The average Bonchev–Trinajstić information content (AvgIpc) is 2.91. The molecule has 118 valence electrons. The molecular formula is C15H19FN4O2. The largest absolute Gasteiger partial charge is 0.386 e. The lowest BCUT2D eigenvalue weighted by molar-refractivity contribution is 0.169. The highest BCUT2D eigenvalue weighted by Gasteiger charge is 2.13. The molecular weight excluding hydrogens is 287 g/mol. The average molecular weight is 306 g/mol. The number of benzene rings is 1. The first-order valence-corrected chi connectivity index (χ1v) is 6.98. The molecule has 0 bridgehead atoms. The van der Waals surface area contributed by atoms with Gasteiger partial charge in [-0.25, -0.2) is 9.18 Å². The minimum Gasteiger partial charge on any atom is -0.386 e. The van der Waals surface area contributed by atoms with Crippen LogP contribution in [0.25, 0.3) is 0 Å². The van der Waals surface area contributed by atoms with Gasteiger partial charge in [0.15, 0.2) is 0 Å². The molecule has 0 aliphatic carbocycles. The second kappa shape index (κ2) is 7.56. The van der Waals surface area contributed by atoms with E-state index in [4.69, 9.17) is 0 Å². The molecule has 3 N–H and O–H groups in total. The lowest BCUT2D eigenvalue weighted by Crippen LogP contribution is -2.38. The third kappa shape index (κ3) is 4.56. The van der Waals surface area contributed by atoms with Crippen LogP contribution in [0.15, 0.2) is 36.7 Å². The second-order valence-corrected chi connectivity index (χ2v) is 4.95. The van der Waals surface area contributed by atoms with Crippen LogP contribution in [0, 0.1) is 5.82 Å². The Bertz CT molecular complexity index is 630. The fraction of sp³-hybridized carbons (Fsp3) is 0.333. The topological polar surface area (TPSA) is 79.2 Å². The van der Waals surface area contributed by atoms with Gasteiger partial charge in [-0.3, -0.25) is 4.68 Å². The molecule has 1 atom stereocenters. The maximum absolute atomic E-state index is 13.5. The molecule has 2 amide bonds. The first kappa shape index (κ1) is 16.0. The van der Waals surface area contributed by atoms with E-state index in [-0.39, 0.29) is 12.1 Å². The molecule has 1 unspecified atom stereocenters. The number of nitrogens with zero attached hydrogens (tertiary/aromatic N) is 2. The number of hydrogen-bond acceptors (Lipinski definition) is 3. The first-order valence-electron chi connectivity index (χ1n) is 6.98. The van der Waals surface area contributed by atoms with Crippen LogP contribution in [0.4, 0.5) is 9.18 Å². The molecule has 0 aliphatic heterocycles. The number of aliphatic hydroxyl groups excluding tert-OH is 1. The van der Waals surface area contributed by atoms with Gasteiger partial charge in [-0.05, 0) is 18.1 Å². The van der Waals surface area contributed by atoms with E-state index in [9.17, 15) is 14.3 Å². The van der Waals surface area contributed by atoms with Gasteiger partial charge >= 0.3 is 6.03 Å². The van der Waals surface area contributed by atoms with Crippen LogP contribution < -0.4 is 10.6 Å². The molecule has 2 aromatic rings. The van der Waals surface area contributed by atoms with Crippen LogP contribution in [0.5, 0.6) is 0 Å². The summed E-state index contributed by atoms with van der Waals surface area (Å²) < 4.78 is 15.2. The molecule has 0 fully saturated rings. The lowest BCUT2D eigenvalue weighted by Gasteiger charge is -2.13. The Hall–Kier alpha value is -2.41. The molecule has 6 nitrogen and oxygen atoms in total.